The second-order valence-corrected chi connectivity index (χ2v) is 2.83. The molecule has 2 heterocycles. The number of rotatable bonds is 3. The van der Waals surface area contributed by atoms with E-state index in [1.807, 2.05) is 18.2 Å². The maximum absolute atomic E-state index is 8.09. The molecule has 0 aliphatic carbocycles. The Hall–Kier alpha value is -2.33. The molecular weight excluding hydrogens is 192 g/mol. The molecule has 2 aromatic heterocycles. The summed E-state index contributed by atoms with van der Waals surface area (Å²) in [5.41, 5.74) is 9.64. The van der Waals surface area contributed by atoms with Crippen molar-refractivity contribution in [2.24, 2.45) is 5.11 Å². The summed E-state index contributed by atoms with van der Waals surface area (Å²) >= 11 is 0. The van der Waals surface area contributed by atoms with Gasteiger partial charge in [-0.3, -0.25) is 5.10 Å². The fraction of sp³-hybridized carbons (Fsp3) is 0.111. The third kappa shape index (κ3) is 1.95. The number of pyridine rings is 1. The lowest BCUT2D eigenvalue weighted by atomic mass is 10.2. The van der Waals surface area contributed by atoms with E-state index < -0.39 is 0 Å². The average molecular weight is 200 g/mol. The molecule has 74 valence electrons. The van der Waals surface area contributed by atoms with Crippen molar-refractivity contribution in [2.45, 2.75) is 0 Å². The van der Waals surface area contributed by atoms with E-state index in [4.69, 9.17) is 5.53 Å². The first-order chi connectivity index (χ1) is 7.42. The van der Waals surface area contributed by atoms with Crippen LogP contribution >= 0.6 is 0 Å². The van der Waals surface area contributed by atoms with Crippen molar-refractivity contribution >= 4 is 17.1 Å². The molecule has 0 saturated carbocycles. The second kappa shape index (κ2) is 4.26. The highest BCUT2D eigenvalue weighted by Crippen LogP contribution is 2.13. The van der Waals surface area contributed by atoms with E-state index in [0.29, 0.717) is 12.2 Å². The number of nitrogens with one attached hydrogen (secondary N) is 1. The number of aromatic nitrogens is 3. The Morgan fingerprint density at radius 3 is 3.40 bits per heavy atom. The topological polar surface area (TPSA) is 90.3 Å². The zero-order valence-corrected chi connectivity index (χ0v) is 7.83. The molecule has 6 nitrogen and oxygen atoms in total. The molecule has 15 heavy (non-hydrogen) atoms. The third-order valence-corrected chi connectivity index (χ3v) is 1.89. The van der Waals surface area contributed by atoms with Crippen LogP contribution in [0.1, 0.15) is 5.69 Å². The molecule has 0 radical (unpaired) electrons. The highest BCUT2D eigenvalue weighted by Gasteiger charge is 2.00. The van der Waals surface area contributed by atoms with Crippen molar-refractivity contribution in [2.75, 3.05) is 6.54 Å². The lowest BCUT2D eigenvalue weighted by Gasteiger charge is -1.87. The fourth-order valence-corrected chi connectivity index (χ4v) is 1.25. The van der Waals surface area contributed by atoms with Crippen molar-refractivity contribution in [1.29, 1.82) is 0 Å². The molecule has 0 atom stereocenters. The van der Waals surface area contributed by atoms with Crippen LogP contribution in [0.3, 0.4) is 0 Å². The van der Waals surface area contributed by atoms with Crippen LogP contribution in [0.15, 0.2) is 29.5 Å². The van der Waals surface area contributed by atoms with E-state index in [2.05, 4.69) is 25.2 Å². The van der Waals surface area contributed by atoms with Crippen molar-refractivity contribution in [1.82, 2.24) is 15.2 Å². The molecule has 2 aromatic rings. The van der Waals surface area contributed by atoms with E-state index in [1.165, 1.54) is 0 Å². The van der Waals surface area contributed by atoms with Crippen LogP contribution in [0.4, 0.5) is 0 Å². The molecule has 0 saturated heterocycles. The van der Waals surface area contributed by atoms with Gasteiger partial charge in [0.1, 0.15) is 0 Å². The smallest absolute Gasteiger partial charge is 0.181 e. The van der Waals surface area contributed by atoms with E-state index in [1.54, 1.807) is 12.3 Å². The average Bonchev–Trinajstić information content (AvgIpc) is 2.68. The van der Waals surface area contributed by atoms with Gasteiger partial charge in [-0.25, -0.2) is 4.98 Å². The van der Waals surface area contributed by atoms with Gasteiger partial charge < -0.3 is 0 Å². The molecule has 0 aliphatic rings. The maximum Gasteiger partial charge on any atom is 0.181 e. The summed E-state index contributed by atoms with van der Waals surface area (Å²) in [7, 11) is 0. The number of aromatic amines is 1. The minimum atomic E-state index is 0.331. The standard InChI is InChI=1S/C9H8N6/c10-15-12-6-2-4-8-7-3-1-5-11-9(7)14-13-8/h1-5H,6H2,(H,11,13,14). The molecule has 1 N–H and O–H groups in total. The summed E-state index contributed by atoms with van der Waals surface area (Å²) in [6.45, 7) is 0.331. The summed E-state index contributed by atoms with van der Waals surface area (Å²) in [5.74, 6) is 0. The summed E-state index contributed by atoms with van der Waals surface area (Å²) in [6.07, 6.45) is 5.28. The van der Waals surface area contributed by atoms with Gasteiger partial charge >= 0.3 is 0 Å². The van der Waals surface area contributed by atoms with Gasteiger partial charge in [0.2, 0.25) is 0 Å². The van der Waals surface area contributed by atoms with Gasteiger partial charge in [-0.1, -0.05) is 11.2 Å². The molecule has 0 amide bonds. The Morgan fingerprint density at radius 1 is 1.60 bits per heavy atom. The lowest BCUT2D eigenvalue weighted by Crippen LogP contribution is -1.74. The minimum absolute atomic E-state index is 0.331. The predicted molar refractivity (Wildman–Crippen MR) is 56.9 cm³/mol. The molecule has 2 rings (SSSR count). The van der Waals surface area contributed by atoms with E-state index in [0.717, 1.165) is 11.1 Å². The van der Waals surface area contributed by atoms with Crippen LogP contribution in [0.5, 0.6) is 0 Å². The van der Waals surface area contributed by atoms with Crippen LogP contribution in [0, 0.1) is 0 Å². The number of hydrogen-bond acceptors (Lipinski definition) is 3. The summed E-state index contributed by atoms with van der Waals surface area (Å²) in [6, 6.07) is 3.78. The van der Waals surface area contributed by atoms with Crippen molar-refractivity contribution < 1.29 is 0 Å². The zero-order valence-electron chi connectivity index (χ0n) is 7.83. The largest absolute Gasteiger partial charge is 0.276 e. The van der Waals surface area contributed by atoms with Crippen molar-refractivity contribution in [3.8, 4) is 0 Å². The summed E-state index contributed by atoms with van der Waals surface area (Å²) in [4.78, 5) is 6.74. The first kappa shape index (κ1) is 9.23. The number of fused-ring (bicyclic) bond motifs is 1. The van der Waals surface area contributed by atoms with Gasteiger partial charge in [0.25, 0.3) is 0 Å². The van der Waals surface area contributed by atoms with E-state index in [9.17, 15) is 0 Å². The SMILES string of the molecule is [N-]=[N+]=NCC=Cc1[nH]nc2ncccc12. The lowest BCUT2D eigenvalue weighted by molar-refractivity contribution is 1.09. The fourth-order valence-electron chi connectivity index (χ4n) is 1.25. The van der Waals surface area contributed by atoms with E-state index in [-0.39, 0.29) is 0 Å². The Balaban J connectivity index is 2.28. The van der Waals surface area contributed by atoms with Crippen LogP contribution in [-0.2, 0) is 0 Å². The number of H-pyrrole nitrogens is 1. The minimum Gasteiger partial charge on any atom is -0.276 e. The molecule has 0 aromatic carbocycles. The van der Waals surface area contributed by atoms with Crippen LogP contribution in [0.2, 0.25) is 0 Å². The van der Waals surface area contributed by atoms with Gasteiger partial charge in [-0.05, 0) is 23.7 Å². The number of hydrogen-bond donors (Lipinski definition) is 1. The molecule has 0 bridgehead atoms. The van der Waals surface area contributed by atoms with Crippen molar-refractivity contribution in [3.63, 3.8) is 0 Å². The Labute approximate surface area is 85.3 Å². The Kier molecular flexibility index (Phi) is 2.62. The first-order valence-electron chi connectivity index (χ1n) is 4.38. The van der Waals surface area contributed by atoms with Crippen molar-refractivity contribution in [3.05, 3.63) is 40.5 Å². The van der Waals surface area contributed by atoms with Gasteiger partial charge in [-0.2, -0.15) is 5.10 Å². The molecule has 0 unspecified atom stereocenters. The van der Waals surface area contributed by atoms with Crippen LogP contribution < -0.4 is 0 Å². The van der Waals surface area contributed by atoms with Gasteiger partial charge in [-0.15, -0.1) is 0 Å². The highest BCUT2D eigenvalue weighted by molar-refractivity contribution is 5.83. The monoisotopic (exact) mass is 200 g/mol. The Morgan fingerprint density at radius 2 is 2.53 bits per heavy atom. The zero-order chi connectivity index (χ0) is 10.5. The third-order valence-electron chi connectivity index (χ3n) is 1.89. The molecule has 6 heteroatoms. The summed E-state index contributed by atoms with van der Waals surface area (Å²) < 4.78 is 0. The van der Waals surface area contributed by atoms with E-state index >= 15 is 0 Å². The Bertz CT molecular complexity index is 534. The number of azide groups is 1. The predicted octanol–water partition coefficient (Wildman–Crippen LogP) is 2.28. The van der Waals surface area contributed by atoms with Gasteiger partial charge in [0, 0.05) is 23.0 Å². The molecule has 0 aliphatic heterocycles. The molecular formula is C9H8N6. The maximum atomic E-state index is 8.09. The van der Waals surface area contributed by atoms with Gasteiger partial charge in [0.05, 0.1) is 5.69 Å². The highest BCUT2D eigenvalue weighted by atomic mass is 15.1. The normalized spacial score (nSPS) is 10.7. The first-order valence-corrected chi connectivity index (χ1v) is 4.38. The molecule has 0 spiro atoms. The van der Waals surface area contributed by atoms with Crippen LogP contribution in [-0.4, -0.2) is 21.7 Å². The molecule has 0 fully saturated rings. The number of nitrogens with zero attached hydrogens (tertiary/aromatic N) is 5. The second-order valence-electron chi connectivity index (χ2n) is 2.83. The quantitative estimate of drug-likeness (QED) is 0.467. The van der Waals surface area contributed by atoms with Gasteiger partial charge in [0.15, 0.2) is 5.65 Å². The van der Waals surface area contributed by atoms with Crippen LogP contribution in [0.25, 0.3) is 27.6 Å². The summed E-state index contributed by atoms with van der Waals surface area (Å²) in [5, 5.41) is 11.2.